The zero-order chi connectivity index (χ0) is 57.0. The quantitative estimate of drug-likeness (QED) is 0.0243. The number of carbonyl (C=O) groups excluding carboxylic acids is 1. The normalized spacial score (nSPS) is 13.8. The molecule has 0 saturated carbocycles. The summed E-state index contributed by atoms with van der Waals surface area (Å²) in [7, 11) is 1.57. The Bertz CT molecular complexity index is 1320. The van der Waals surface area contributed by atoms with Crippen LogP contribution in [0.4, 0.5) is 0 Å². The van der Waals surface area contributed by atoms with Crippen molar-refractivity contribution in [3.05, 3.63) is 24.3 Å². The Morgan fingerprint density at radius 3 is 1.03 bits per heavy atom. The number of nitrogens with one attached hydrogen (secondary N) is 1. The van der Waals surface area contributed by atoms with Crippen molar-refractivity contribution in [3.63, 3.8) is 0 Å². The van der Waals surface area contributed by atoms with Crippen LogP contribution in [0.5, 0.6) is 0 Å². The van der Waals surface area contributed by atoms with Crippen LogP contribution in [0.25, 0.3) is 0 Å². The van der Waals surface area contributed by atoms with Crippen molar-refractivity contribution >= 4 is 13.7 Å². The average molecular weight is 1120 g/mol. The molecule has 0 aliphatic carbocycles. The van der Waals surface area contributed by atoms with E-state index >= 15 is 0 Å². The van der Waals surface area contributed by atoms with Gasteiger partial charge in [0.25, 0.3) is 0 Å². The third kappa shape index (κ3) is 62.6. The van der Waals surface area contributed by atoms with Gasteiger partial charge in [0.1, 0.15) is 13.2 Å². The number of aliphatic hydroxyl groups is 1. The van der Waals surface area contributed by atoms with Gasteiger partial charge in [-0.05, 0) is 32.1 Å². The van der Waals surface area contributed by atoms with Gasteiger partial charge >= 0.3 is 7.82 Å². The molecule has 0 aliphatic heterocycles. The Balaban J connectivity index is 4.07. The van der Waals surface area contributed by atoms with Crippen molar-refractivity contribution in [2.75, 3.05) is 40.9 Å². The lowest BCUT2D eigenvalue weighted by Gasteiger charge is -2.25. The Morgan fingerprint density at radius 2 is 0.705 bits per heavy atom. The summed E-state index contributed by atoms with van der Waals surface area (Å²) < 4.78 is 23.8. The zero-order valence-corrected chi connectivity index (χ0v) is 54.1. The highest BCUT2D eigenvalue weighted by molar-refractivity contribution is 7.47. The topological polar surface area (TPSA) is 105 Å². The predicted octanol–water partition coefficient (Wildman–Crippen LogP) is 21.9. The molecule has 0 aromatic heterocycles. The molecular formula is C69H138N2O6P+. The molecule has 0 aromatic carbocycles. The fourth-order valence-corrected chi connectivity index (χ4v) is 11.5. The van der Waals surface area contributed by atoms with Crippen LogP contribution >= 0.6 is 7.82 Å². The minimum Gasteiger partial charge on any atom is -0.387 e. The molecule has 0 bridgehead atoms. The fourth-order valence-electron chi connectivity index (χ4n) is 10.8. The second kappa shape index (κ2) is 60.6. The summed E-state index contributed by atoms with van der Waals surface area (Å²) in [5.74, 6) is -0.178. The number of quaternary nitrogens is 1. The van der Waals surface area contributed by atoms with Crippen LogP contribution in [0.1, 0.15) is 361 Å². The van der Waals surface area contributed by atoms with Crippen molar-refractivity contribution in [1.82, 2.24) is 5.32 Å². The van der Waals surface area contributed by atoms with Crippen molar-refractivity contribution in [3.8, 4) is 0 Å². The maximum Gasteiger partial charge on any atom is 0.472 e. The number of phosphoric acid groups is 1. The van der Waals surface area contributed by atoms with Crippen LogP contribution in [-0.2, 0) is 18.4 Å². The number of amides is 1. The monoisotopic (exact) mass is 1120 g/mol. The number of phosphoric ester groups is 1. The molecule has 0 rings (SSSR count). The van der Waals surface area contributed by atoms with E-state index in [9.17, 15) is 19.4 Å². The summed E-state index contributed by atoms with van der Waals surface area (Å²) >= 11 is 0. The molecule has 9 heteroatoms. The highest BCUT2D eigenvalue weighted by atomic mass is 31.2. The average Bonchev–Trinajstić information content (AvgIpc) is 3.41. The number of aliphatic hydroxyl groups excluding tert-OH is 1. The van der Waals surface area contributed by atoms with E-state index in [-0.39, 0.29) is 19.1 Å². The summed E-state index contributed by atoms with van der Waals surface area (Å²) in [5.41, 5.74) is 0. The molecule has 0 saturated heterocycles. The lowest BCUT2D eigenvalue weighted by molar-refractivity contribution is -0.870. The van der Waals surface area contributed by atoms with Gasteiger partial charge < -0.3 is 19.8 Å². The van der Waals surface area contributed by atoms with E-state index in [2.05, 4.69) is 31.3 Å². The largest absolute Gasteiger partial charge is 0.472 e. The van der Waals surface area contributed by atoms with Crippen LogP contribution in [0.15, 0.2) is 24.3 Å². The summed E-state index contributed by atoms with van der Waals surface area (Å²) in [5, 5.41) is 14.0. The van der Waals surface area contributed by atoms with E-state index in [0.29, 0.717) is 17.4 Å². The number of allylic oxidation sites excluding steroid dienone is 3. The van der Waals surface area contributed by atoms with Gasteiger partial charge in [0.2, 0.25) is 5.91 Å². The Hall–Kier alpha value is -1.02. The molecule has 464 valence electrons. The molecule has 8 nitrogen and oxygen atoms in total. The van der Waals surface area contributed by atoms with Crippen LogP contribution < -0.4 is 5.32 Å². The van der Waals surface area contributed by atoms with E-state index in [0.717, 1.165) is 38.5 Å². The minimum absolute atomic E-state index is 0.0591. The number of rotatable bonds is 65. The first-order valence-corrected chi connectivity index (χ1v) is 36.2. The summed E-state index contributed by atoms with van der Waals surface area (Å²) in [4.78, 5) is 23.4. The van der Waals surface area contributed by atoms with Crippen molar-refractivity contribution < 1.29 is 32.9 Å². The molecular weight excluding hydrogens is 984 g/mol. The maximum atomic E-state index is 13.0. The lowest BCUT2D eigenvalue weighted by Crippen LogP contribution is -2.45. The molecule has 0 aromatic rings. The third-order valence-corrected chi connectivity index (χ3v) is 17.2. The van der Waals surface area contributed by atoms with E-state index in [1.165, 1.54) is 302 Å². The highest BCUT2D eigenvalue weighted by Crippen LogP contribution is 2.43. The number of nitrogens with zero attached hydrogens (tertiary/aromatic N) is 1. The number of unbranched alkanes of at least 4 members (excludes halogenated alkanes) is 50. The molecule has 0 radical (unpaired) electrons. The molecule has 78 heavy (non-hydrogen) atoms. The van der Waals surface area contributed by atoms with Gasteiger partial charge in [0, 0.05) is 6.42 Å². The summed E-state index contributed by atoms with van der Waals surface area (Å²) in [6.07, 6.45) is 79.1. The molecule has 3 N–H and O–H groups in total. The molecule has 0 fully saturated rings. The fraction of sp³-hybridized carbons (Fsp3) is 0.928. The second-order valence-electron chi connectivity index (χ2n) is 25.3. The van der Waals surface area contributed by atoms with E-state index in [4.69, 9.17) is 9.05 Å². The van der Waals surface area contributed by atoms with Gasteiger partial charge in [0.15, 0.2) is 0 Å². The molecule has 0 spiro atoms. The predicted molar refractivity (Wildman–Crippen MR) is 342 cm³/mol. The number of carbonyl (C=O) groups is 1. The summed E-state index contributed by atoms with van der Waals surface area (Å²) in [6.45, 7) is 4.86. The van der Waals surface area contributed by atoms with Crippen LogP contribution in [0.3, 0.4) is 0 Å². The van der Waals surface area contributed by atoms with Gasteiger partial charge in [-0.3, -0.25) is 13.8 Å². The van der Waals surface area contributed by atoms with E-state index in [1.54, 1.807) is 6.08 Å². The van der Waals surface area contributed by atoms with Gasteiger partial charge in [0.05, 0.1) is 39.9 Å². The number of hydrogen-bond acceptors (Lipinski definition) is 5. The first-order valence-electron chi connectivity index (χ1n) is 34.7. The molecule has 0 aliphatic rings. The van der Waals surface area contributed by atoms with Gasteiger partial charge in [-0.25, -0.2) is 4.57 Å². The van der Waals surface area contributed by atoms with Crippen molar-refractivity contribution in [2.24, 2.45) is 0 Å². The van der Waals surface area contributed by atoms with Gasteiger partial charge in [-0.15, -0.1) is 0 Å². The second-order valence-corrected chi connectivity index (χ2v) is 26.7. The maximum absolute atomic E-state index is 13.0. The molecule has 1 amide bonds. The standard InChI is InChI=1S/C69H137N2O6P/c1-6-8-10-12-14-16-18-20-22-24-26-28-30-32-34-35-36-37-39-41-43-45-47-49-51-53-55-57-59-61-63-69(73)70-67(66-77-78(74,75)76-65-64-71(3,4)5)68(72)62-60-58-56-54-52-50-48-46-44-42-40-38-33-31-29-27-25-23-21-19-17-15-13-11-9-7-2/h52,54,60,62,67-68,72H,6-51,53,55-59,61,63-66H2,1-5H3,(H-,70,73,74,75)/p+1/b54-52+,62-60+. The summed E-state index contributed by atoms with van der Waals surface area (Å²) in [6, 6.07) is -0.862. The number of hydrogen-bond donors (Lipinski definition) is 3. The minimum atomic E-state index is -4.36. The van der Waals surface area contributed by atoms with Crippen LogP contribution in [-0.4, -0.2) is 73.4 Å². The van der Waals surface area contributed by atoms with Crippen molar-refractivity contribution in [2.45, 2.75) is 373 Å². The molecule has 3 unspecified atom stereocenters. The van der Waals surface area contributed by atoms with Gasteiger partial charge in [-0.2, -0.15) is 0 Å². The van der Waals surface area contributed by atoms with E-state index in [1.807, 2.05) is 27.2 Å². The SMILES string of the molecule is CCCCCCCCCCCCCCCCCCCCCC/C=C/CC/C=C/C(O)C(COP(=O)(O)OCC[N+](C)(C)C)NC(=O)CCCCCCCCCCCCCCCCCCCCCCCCCCCCCCCC. The van der Waals surface area contributed by atoms with Crippen LogP contribution in [0, 0.1) is 0 Å². The first-order chi connectivity index (χ1) is 38.0. The third-order valence-electron chi connectivity index (χ3n) is 16.2. The Kier molecular flexibility index (Phi) is 59.8. The molecule has 0 heterocycles. The van der Waals surface area contributed by atoms with Crippen molar-refractivity contribution in [1.29, 1.82) is 0 Å². The first kappa shape index (κ1) is 77.0. The zero-order valence-electron chi connectivity index (χ0n) is 53.2. The van der Waals surface area contributed by atoms with E-state index < -0.39 is 20.0 Å². The lowest BCUT2D eigenvalue weighted by atomic mass is 10.0. The smallest absolute Gasteiger partial charge is 0.387 e. The molecule has 3 atom stereocenters. The Labute approximate surface area is 487 Å². The Morgan fingerprint density at radius 1 is 0.423 bits per heavy atom. The highest BCUT2D eigenvalue weighted by Gasteiger charge is 2.28. The van der Waals surface area contributed by atoms with Crippen LogP contribution in [0.2, 0.25) is 0 Å². The van der Waals surface area contributed by atoms with Gasteiger partial charge in [-0.1, -0.05) is 346 Å². The number of likely N-dealkylation sites (N-methyl/N-ethyl adjacent to an activating group) is 1.